The Morgan fingerprint density at radius 3 is 2.13 bits per heavy atom. The molecule has 31 heavy (non-hydrogen) atoms. The van der Waals surface area contributed by atoms with Crippen LogP contribution in [0.4, 0.5) is 5.69 Å². The van der Waals surface area contributed by atoms with E-state index >= 15 is 0 Å². The van der Waals surface area contributed by atoms with Crippen molar-refractivity contribution in [3.05, 3.63) is 94.1 Å². The highest BCUT2D eigenvalue weighted by Crippen LogP contribution is 2.24. The summed E-state index contributed by atoms with van der Waals surface area (Å²) in [6.45, 7) is 1.65. The number of nitrogens with zero attached hydrogens (tertiary/aromatic N) is 1. The van der Waals surface area contributed by atoms with Crippen molar-refractivity contribution in [3.63, 3.8) is 0 Å². The number of carbonyl (C=O) groups is 1. The SMILES string of the molecule is C[C@@H](CCc1ccccc1)NC(=O)CN(c1ccc(I)cc1)S(=O)(=O)c1ccccc1. The Bertz CT molecular complexity index is 1090. The van der Waals surface area contributed by atoms with Gasteiger partial charge in [0, 0.05) is 9.61 Å². The van der Waals surface area contributed by atoms with Crippen LogP contribution in [0.5, 0.6) is 0 Å². The smallest absolute Gasteiger partial charge is 0.264 e. The topological polar surface area (TPSA) is 66.5 Å². The second-order valence-corrected chi connectivity index (χ2v) is 10.4. The third-order valence-electron chi connectivity index (χ3n) is 4.85. The molecule has 1 amide bonds. The maximum Gasteiger partial charge on any atom is 0.264 e. The molecule has 0 aliphatic carbocycles. The Morgan fingerprint density at radius 1 is 0.935 bits per heavy atom. The number of anilines is 1. The zero-order valence-corrected chi connectivity index (χ0v) is 20.2. The average molecular weight is 548 g/mol. The first-order valence-corrected chi connectivity index (χ1v) is 12.5. The van der Waals surface area contributed by atoms with Crippen LogP contribution in [0.25, 0.3) is 0 Å². The van der Waals surface area contributed by atoms with Crippen molar-refractivity contribution in [1.82, 2.24) is 5.32 Å². The summed E-state index contributed by atoms with van der Waals surface area (Å²) in [4.78, 5) is 12.9. The van der Waals surface area contributed by atoms with Gasteiger partial charge in [0.15, 0.2) is 0 Å². The van der Waals surface area contributed by atoms with Crippen molar-refractivity contribution in [3.8, 4) is 0 Å². The minimum Gasteiger partial charge on any atom is -0.352 e. The highest BCUT2D eigenvalue weighted by molar-refractivity contribution is 14.1. The van der Waals surface area contributed by atoms with Crippen LogP contribution in [0.1, 0.15) is 18.9 Å². The molecule has 0 fully saturated rings. The molecule has 0 unspecified atom stereocenters. The number of halogens is 1. The van der Waals surface area contributed by atoms with E-state index in [4.69, 9.17) is 0 Å². The van der Waals surface area contributed by atoms with E-state index in [1.807, 2.05) is 37.3 Å². The van der Waals surface area contributed by atoms with Gasteiger partial charge in [-0.25, -0.2) is 8.42 Å². The zero-order chi connectivity index (χ0) is 22.3. The number of aryl methyl sites for hydroxylation is 1. The van der Waals surface area contributed by atoms with E-state index in [9.17, 15) is 13.2 Å². The summed E-state index contributed by atoms with van der Waals surface area (Å²) in [6, 6.07) is 25.2. The predicted molar refractivity (Wildman–Crippen MR) is 133 cm³/mol. The molecular formula is C24H25IN2O3S. The van der Waals surface area contributed by atoms with Crippen molar-refractivity contribution in [1.29, 1.82) is 0 Å². The highest BCUT2D eigenvalue weighted by Gasteiger charge is 2.27. The fourth-order valence-electron chi connectivity index (χ4n) is 3.19. The lowest BCUT2D eigenvalue weighted by Gasteiger charge is -2.25. The third-order valence-corrected chi connectivity index (χ3v) is 7.36. The van der Waals surface area contributed by atoms with E-state index < -0.39 is 10.0 Å². The summed E-state index contributed by atoms with van der Waals surface area (Å²) in [7, 11) is -3.88. The molecule has 0 spiro atoms. The van der Waals surface area contributed by atoms with Gasteiger partial charge in [-0.1, -0.05) is 48.5 Å². The molecule has 3 rings (SSSR count). The second-order valence-electron chi connectivity index (χ2n) is 7.29. The van der Waals surface area contributed by atoms with Gasteiger partial charge in [-0.15, -0.1) is 0 Å². The molecular weight excluding hydrogens is 523 g/mol. The predicted octanol–water partition coefficient (Wildman–Crippen LogP) is 4.62. The van der Waals surface area contributed by atoms with Gasteiger partial charge in [0.25, 0.3) is 10.0 Å². The molecule has 0 aromatic heterocycles. The minimum atomic E-state index is -3.88. The van der Waals surface area contributed by atoms with Crippen molar-refractivity contribution in [2.24, 2.45) is 0 Å². The Labute approximate surface area is 197 Å². The number of rotatable bonds is 9. The van der Waals surface area contributed by atoms with Gasteiger partial charge in [-0.05, 0) is 84.3 Å². The first-order valence-electron chi connectivity index (χ1n) is 10.0. The quantitative estimate of drug-likeness (QED) is 0.397. The fourth-order valence-corrected chi connectivity index (χ4v) is 4.99. The lowest BCUT2D eigenvalue weighted by Crippen LogP contribution is -2.43. The highest BCUT2D eigenvalue weighted by atomic mass is 127. The number of benzene rings is 3. The molecule has 0 saturated heterocycles. The molecule has 3 aromatic carbocycles. The van der Waals surface area contributed by atoms with Crippen molar-refractivity contribution in [2.45, 2.75) is 30.7 Å². The van der Waals surface area contributed by atoms with Gasteiger partial charge in [0.2, 0.25) is 5.91 Å². The number of carbonyl (C=O) groups excluding carboxylic acids is 1. The maximum absolute atomic E-state index is 13.3. The molecule has 0 heterocycles. The average Bonchev–Trinajstić information content (AvgIpc) is 2.78. The monoisotopic (exact) mass is 548 g/mol. The molecule has 0 saturated carbocycles. The fraction of sp³-hybridized carbons (Fsp3) is 0.208. The molecule has 0 aliphatic heterocycles. The van der Waals surface area contributed by atoms with E-state index in [2.05, 4.69) is 40.0 Å². The molecule has 0 aliphatic rings. The molecule has 0 bridgehead atoms. The molecule has 0 radical (unpaired) electrons. The van der Waals surface area contributed by atoms with Gasteiger partial charge in [0.05, 0.1) is 10.6 Å². The van der Waals surface area contributed by atoms with Crippen LogP contribution < -0.4 is 9.62 Å². The Kier molecular flexibility index (Phi) is 8.09. The van der Waals surface area contributed by atoms with Crippen LogP contribution in [0, 0.1) is 3.57 Å². The van der Waals surface area contributed by atoms with Crippen molar-refractivity contribution in [2.75, 3.05) is 10.8 Å². The van der Waals surface area contributed by atoms with E-state index in [0.717, 1.165) is 20.7 Å². The van der Waals surface area contributed by atoms with Gasteiger partial charge >= 0.3 is 0 Å². The van der Waals surface area contributed by atoms with E-state index in [0.29, 0.717) is 5.69 Å². The van der Waals surface area contributed by atoms with Crippen molar-refractivity contribution < 1.29 is 13.2 Å². The Hall–Kier alpha value is -2.39. The Morgan fingerprint density at radius 2 is 1.52 bits per heavy atom. The van der Waals surface area contributed by atoms with Gasteiger partial charge in [0.1, 0.15) is 6.54 Å². The van der Waals surface area contributed by atoms with Crippen LogP contribution in [-0.2, 0) is 21.2 Å². The molecule has 3 aromatic rings. The number of sulfonamides is 1. The summed E-state index contributed by atoms with van der Waals surface area (Å²) in [5, 5.41) is 2.94. The van der Waals surface area contributed by atoms with Crippen LogP contribution in [0.15, 0.2) is 89.8 Å². The lowest BCUT2D eigenvalue weighted by molar-refractivity contribution is -0.120. The van der Waals surface area contributed by atoms with Gasteiger partial charge < -0.3 is 5.32 Å². The van der Waals surface area contributed by atoms with E-state index in [-0.39, 0.29) is 23.4 Å². The lowest BCUT2D eigenvalue weighted by atomic mass is 10.1. The van der Waals surface area contributed by atoms with E-state index in [1.165, 1.54) is 17.7 Å². The standard InChI is InChI=1S/C24H25IN2O3S/c1-19(12-13-20-8-4-2-5-9-20)26-24(28)18-27(22-16-14-21(25)15-17-22)31(29,30)23-10-6-3-7-11-23/h2-11,14-17,19H,12-13,18H2,1H3,(H,26,28)/t19-/m0/s1. The Balaban J connectivity index is 1.73. The second kappa shape index (κ2) is 10.8. The molecule has 162 valence electrons. The van der Waals surface area contributed by atoms with Crippen LogP contribution in [-0.4, -0.2) is 26.9 Å². The molecule has 1 atom stereocenters. The maximum atomic E-state index is 13.3. The molecule has 7 heteroatoms. The summed E-state index contributed by atoms with van der Waals surface area (Å²) in [5.74, 6) is -0.335. The zero-order valence-electron chi connectivity index (χ0n) is 17.2. The van der Waals surface area contributed by atoms with Gasteiger partial charge in [-0.3, -0.25) is 9.10 Å². The first-order chi connectivity index (χ1) is 14.9. The largest absolute Gasteiger partial charge is 0.352 e. The summed E-state index contributed by atoms with van der Waals surface area (Å²) in [6.07, 6.45) is 1.61. The number of amides is 1. The van der Waals surface area contributed by atoms with Crippen molar-refractivity contribution >= 4 is 44.2 Å². The third kappa shape index (κ3) is 6.54. The number of hydrogen-bond donors (Lipinski definition) is 1. The van der Waals surface area contributed by atoms with Crippen LogP contribution in [0.2, 0.25) is 0 Å². The molecule has 5 nitrogen and oxygen atoms in total. The summed E-state index contributed by atoms with van der Waals surface area (Å²) < 4.78 is 28.7. The first kappa shape index (κ1) is 23.3. The summed E-state index contributed by atoms with van der Waals surface area (Å²) in [5.41, 5.74) is 1.66. The van der Waals surface area contributed by atoms with Gasteiger partial charge in [-0.2, -0.15) is 0 Å². The number of nitrogens with one attached hydrogen (secondary N) is 1. The van der Waals surface area contributed by atoms with E-state index in [1.54, 1.807) is 30.3 Å². The van der Waals surface area contributed by atoms with Crippen LogP contribution in [0.3, 0.4) is 0 Å². The number of hydrogen-bond acceptors (Lipinski definition) is 3. The molecule has 1 N–H and O–H groups in total. The van der Waals surface area contributed by atoms with Crippen LogP contribution >= 0.6 is 22.6 Å². The minimum absolute atomic E-state index is 0.0780. The summed E-state index contributed by atoms with van der Waals surface area (Å²) >= 11 is 2.16. The normalized spacial score (nSPS) is 12.2.